The molecule has 0 unspecified atom stereocenters. The molecular formula is C21H17N7O2. The van der Waals surface area contributed by atoms with Crippen molar-refractivity contribution in [2.45, 2.75) is 0 Å². The van der Waals surface area contributed by atoms with Gasteiger partial charge >= 0.3 is 0 Å². The fourth-order valence-electron chi connectivity index (χ4n) is 2.98. The number of hydrogen-bond acceptors (Lipinski definition) is 7. The standard InChI is InChI=1S/C21H17N7O2/c1-26(2)19-9-8-17(28(29)30)11-14(19)10-15(12-22)20-18(13-23)21(24)27(25-20)16-6-4-3-5-7-16/h3-11H,24H2,1-2H3/b15-10+. The minimum Gasteiger partial charge on any atom is -0.382 e. The minimum atomic E-state index is -0.508. The van der Waals surface area contributed by atoms with Gasteiger partial charge in [-0.3, -0.25) is 10.1 Å². The van der Waals surface area contributed by atoms with E-state index in [1.54, 1.807) is 49.3 Å². The molecule has 0 spiro atoms. The molecule has 0 bridgehead atoms. The molecule has 0 fully saturated rings. The number of nitrogens with zero attached hydrogens (tertiary/aromatic N) is 6. The lowest BCUT2D eigenvalue weighted by Gasteiger charge is -2.15. The molecule has 2 N–H and O–H groups in total. The molecule has 9 nitrogen and oxygen atoms in total. The Morgan fingerprint density at radius 1 is 1.23 bits per heavy atom. The predicted octanol–water partition coefficient (Wildman–Crippen LogP) is 3.36. The number of allylic oxidation sites excluding steroid dienone is 1. The number of nitro benzene ring substituents is 1. The van der Waals surface area contributed by atoms with Gasteiger partial charge in [-0.1, -0.05) is 18.2 Å². The Hall–Kier alpha value is -4.63. The van der Waals surface area contributed by atoms with Crippen molar-refractivity contribution in [2.75, 3.05) is 24.7 Å². The lowest BCUT2D eigenvalue weighted by molar-refractivity contribution is -0.384. The molecule has 0 aliphatic rings. The van der Waals surface area contributed by atoms with Gasteiger partial charge < -0.3 is 10.6 Å². The van der Waals surface area contributed by atoms with E-state index in [1.807, 2.05) is 18.2 Å². The van der Waals surface area contributed by atoms with E-state index in [2.05, 4.69) is 5.10 Å². The Labute approximate surface area is 172 Å². The highest BCUT2D eigenvalue weighted by Gasteiger charge is 2.21. The Morgan fingerprint density at radius 2 is 1.93 bits per heavy atom. The van der Waals surface area contributed by atoms with E-state index >= 15 is 0 Å². The highest BCUT2D eigenvalue weighted by molar-refractivity contribution is 5.94. The SMILES string of the molecule is CN(C)c1ccc([N+](=O)[O-])cc1/C=C(\C#N)c1nn(-c2ccccc2)c(N)c1C#N. The molecule has 1 heterocycles. The van der Waals surface area contributed by atoms with Gasteiger partial charge in [0.25, 0.3) is 5.69 Å². The molecule has 0 atom stereocenters. The molecule has 0 saturated carbocycles. The smallest absolute Gasteiger partial charge is 0.270 e. The van der Waals surface area contributed by atoms with Gasteiger partial charge in [-0.2, -0.15) is 15.6 Å². The van der Waals surface area contributed by atoms with Crippen LogP contribution in [0.5, 0.6) is 0 Å². The molecule has 0 amide bonds. The number of benzene rings is 2. The maximum Gasteiger partial charge on any atom is 0.270 e. The number of para-hydroxylation sites is 1. The summed E-state index contributed by atoms with van der Waals surface area (Å²) in [5.74, 6) is 0.103. The van der Waals surface area contributed by atoms with Crippen molar-refractivity contribution >= 4 is 28.8 Å². The number of nitro groups is 1. The molecule has 2 aromatic carbocycles. The van der Waals surface area contributed by atoms with Crippen molar-refractivity contribution in [3.8, 4) is 17.8 Å². The van der Waals surface area contributed by atoms with Crippen molar-refractivity contribution in [2.24, 2.45) is 0 Å². The van der Waals surface area contributed by atoms with Gasteiger partial charge in [0.2, 0.25) is 0 Å². The van der Waals surface area contributed by atoms with E-state index in [4.69, 9.17) is 5.73 Å². The maximum atomic E-state index is 11.2. The monoisotopic (exact) mass is 399 g/mol. The number of anilines is 2. The van der Waals surface area contributed by atoms with Crippen molar-refractivity contribution in [3.05, 3.63) is 75.5 Å². The van der Waals surface area contributed by atoms with Crippen molar-refractivity contribution in [1.82, 2.24) is 9.78 Å². The second-order valence-electron chi connectivity index (χ2n) is 6.53. The molecule has 0 radical (unpaired) electrons. The van der Waals surface area contributed by atoms with Crippen LogP contribution < -0.4 is 10.6 Å². The fourth-order valence-corrected chi connectivity index (χ4v) is 2.98. The second kappa shape index (κ2) is 8.17. The first-order valence-corrected chi connectivity index (χ1v) is 8.79. The molecule has 3 aromatic rings. The lowest BCUT2D eigenvalue weighted by atomic mass is 10.0. The summed E-state index contributed by atoms with van der Waals surface area (Å²) in [6.45, 7) is 0. The average Bonchev–Trinajstić information content (AvgIpc) is 3.08. The number of rotatable bonds is 5. The molecule has 1 aromatic heterocycles. The van der Waals surface area contributed by atoms with Gasteiger partial charge in [-0.25, -0.2) is 4.68 Å². The summed E-state index contributed by atoms with van der Waals surface area (Å²) in [5, 5.41) is 35.0. The summed E-state index contributed by atoms with van der Waals surface area (Å²) in [7, 11) is 3.57. The molecule has 148 valence electrons. The van der Waals surface area contributed by atoms with E-state index in [0.29, 0.717) is 16.9 Å². The Bertz CT molecular complexity index is 1230. The first-order chi connectivity index (χ1) is 14.4. The third-order valence-corrected chi connectivity index (χ3v) is 4.41. The van der Waals surface area contributed by atoms with E-state index in [-0.39, 0.29) is 28.3 Å². The molecule has 0 aliphatic heterocycles. The van der Waals surface area contributed by atoms with Crippen molar-refractivity contribution in [1.29, 1.82) is 10.5 Å². The van der Waals surface area contributed by atoms with Crippen LogP contribution in [-0.2, 0) is 0 Å². The Morgan fingerprint density at radius 3 is 2.50 bits per heavy atom. The lowest BCUT2D eigenvalue weighted by Crippen LogP contribution is -2.10. The Balaban J connectivity index is 2.22. The van der Waals surface area contributed by atoms with Crippen LogP contribution in [0.2, 0.25) is 0 Å². The number of aromatic nitrogens is 2. The van der Waals surface area contributed by atoms with Gasteiger partial charge in [0.15, 0.2) is 0 Å². The first-order valence-electron chi connectivity index (χ1n) is 8.79. The van der Waals surface area contributed by atoms with Crippen LogP contribution in [0, 0.1) is 32.8 Å². The quantitative estimate of drug-likeness (QED) is 0.394. The molecule has 3 rings (SSSR count). The van der Waals surface area contributed by atoms with Gasteiger partial charge in [0.1, 0.15) is 29.2 Å². The largest absolute Gasteiger partial charge is 0.382 e. The topological polar surface area (TPSA) is 138 Å². The van der Waals surface area contributed by atoms with E-state index in [9.17, 15) is 20.6 Å². The summed E-state index contributed by atoms with van der Waals surface area (Å²) in [4.78, 5) is 12.5. The number of non-ortho nitro benzene ring substituents is 1. The molecule has 0 aliphatic carbocycles. The third kappa shape index (κ3) is 3.68. The van der Waals surface area contributed by atoms with Gasteiger partial charge in [0, 0.05) is 37.5 Å². The average molecular weight is 399 g/mol. The van der Waals surface area contributed by atoms with Crippen LogP contribution in [0.15, 0.2) is 48.5 Å². The van der Waals surface area contributed by atoms with Crippen LogP contribution in [0.4, 0.5) is 17.2 Å². The highest BCUT2D eigenvalue weighted by atomic mass is 16.6. The minimum absolute atomic E-state index is 0.0588. The zero-order valence-electron chi connectivity index (χ0n) is 16.3. The molecule has 30 heavy (non-hydrogen) atoms. The van der Waals surface area contributed by atoms with Crippen molar-refractivity contribution < 1.29 is 4.92 Å². The zero-order chi connectivity index (χ0) is 21.8. The highest BCUT2D eigenvalue weighted by Crippen LogP contribution is 2.31. The predicted molar refractivity (Wildman–Crippen MR) is 114 cm³/mol. The maximum absolute atomic E-state index is 11.2. The number of nitriles is 2. The number of hydrogen-bond donors (Lipinski definition) is 1. The molecule has 9 heteroatoms. The summed E-state index contributed by atoms with van der Waals surface area (Å²) < 4.78 is 1.39. The number of nitrogen functional groups attached to an aromatic ring is 1. The van der Waals surface area contributed by atoms with E-state index in [0.717, 1.165) is 0 Å². The normalized spacial score (nSPS) is 10.9. The Kier molecular flexibility index (Phi) is 5.48. The first kappa shape index (κ1) is 20.1. The zero-order valence-corrected chi connectivity index (χ0v) is 16.3. The van der Waals surface area contributed by atoms with Gasteiger partial charge in [-0.15, -0.1) is 0 Å². The van der Waals surface area contributed by atoms with Crippen LogP contribution in [-0.4, -0.2) is 28.8 Å². The van der Waals surface area contributed by atoms with Crippen LogP contribution >= 0.6 is 0 Å². The van der Waals surface area contributed by atoms with Crippen LogP contribution in [0.1, 0.15) is 16.8 Å². The molecular weight excluding hydrogens is 382 g/mol. The molecule has 0 saturated heterocycles. The van der Waals surface area contributed by atoms with Crippen LogP contribution in [0.25, 0.3) is 17.3 Å². The summed E-state index contributed by atoms with van der Waals surface area (Å²) in [6.07, 6.45) is 1.47. The third-order valence-electron chi connectivity index (χ3n) is 4.41. The van der Waals surface area contributed by atoms with E-state index in [1.165, 1.54) is 22.9 Å². The van der Waals surface area contributed by atoms with Gasteiger partial charge in [-0.05, 0) is 24.3 Å². The number of nitrogens with two attached hydrogens (primary N) is 1. The van der Waals surface area contributed by atoms with Crippen LogP contribution in [0.3, 0.4) is 0 Å². The van der Waals surface area contributed by atoms with E-state index < -0.39 is 4.92 Å². The second-order valence-corrected chi connectivity index (χ2v) is 6.53. The van der Waals surface area contributed by atoms with Gasteiger partial charge in [0.05, 0.1) is 16.2 Å². The summed E-state index contributed by atoms with van der Waals surface area (Å²) in [5.41, 5.74) is 7.99. The van der Waals surface area contributed by atoms with Crippen molar-refractivity contribution in [3.63, 3.8) is 0 Å². The summed E-state index contributed by atoms with van der Waals surface area (Å²) >= 11 is 0. The summed E-state index contributed by atoms with van der Waals surface area (Å²) in [6, 6.07) is 17.4. The fraction of sp³-hybridized carbons (Fsp3) is 0.0952.